The molecule has 0 saturated carbocycles. The number of carbonyl (C=O) groups is 1. The Morgan fingerprint density at radius 2 is 2.29 bits per heavy atom. The highest BCUT2D eigenvalue weighted by atomic mass is 16.6. The van der Waals surface area contributed by atoms with E-state index in [9.17, 15) is 4.79 Å². The smallest absolute Gasteiger partial charge is 0.407 e. The van der Waals surface area contributed by atoms with E-state index in [4.69, 9.17) is 9.47 Å². The van der Waals surface area contributed by atoms with Gasteiger partial charge in [0, 0.05) is 0 Å². The van der Waals surface area contributed by atoms with Crippen LogP contribution < -0.4 is 5.32 Å². The van der Waals surface area contributed by atoms with Crippen LogP contribution in [0.5, 0.6) is 0 Å². The number of hydrogen-bond acceptors (Lipinski definition) is 3. The number of amides is 1. The second-order valence-corrected chi connectivity index (χ2v) is 4.26. The van der Waals surface area contributed by atoms with Crippen LogP contribution in [0.15, 0.2) is 12.7 Å². The molecule has 1 fully saturated rings. The molecule has 0 aromatic rings. The average molecular weight is 199 g/mol. The first-order valence-electron chi connectivity index (χ1n) is 4.67. The molecule has 0 aliphatic carbocycles. The molecule has 1 heterocycles. The molecule has 0 aromatic carbocycles. The SMILES string of the molecule is C=C[C@H]1O[C@@H]1CNC(=O)OC(C)(C)C. The number of rotatable bonds is 3. The molecule has 1 aliphatic rings. The van der Waals surface area contributed by atoms with Gasteiger partial charge >= 0.3 is 6.09 Å². The summed E-state index contributed by atoms with van der Waals surface area (Å²) in [4.78, 5) is 11.2. The molecule has 1 aliphatic heterocycles. The molecule has 0 radical (unpaired) electrons. The normalized spacial score (nSPS) is 25.4. The summed E-state index contributed by atoms with van der Waals surface area (Å²) in [5.74, 6) is 0. The molecule has 0 unspecified atom stereocenters. The third-order valence-corrected chi connectivity index (χ3v) is 1.70. The van der Waals surface area contributed by atoms with Gasteiger partial charge < -0.3 is 14.8 Å². The third kappa shape index (κ3) is 3.79. The Hall–Kier alpha value is -1.03. The van der Waals surface area contributed by atoms with Crippen molar-refractivity contribution in [3.05, 3.63) is 12.7 Å². The van der Waals surface area contributed by atoms with E-state index in [1.165, 1.54) is 0 Å². The standard InChI is InChI=1S/C10H17NO3/c1-5-7-8(13-7)6-11-9(12)14-10(2,3)4/h5,7-8H,1,6H2,2-4H3,(H,11,12)/t7-,8-/m1/s1. The molecule has 4 nitrogen and oxygen atoms in total. The summed E-state index contributed by atoms with van der Waals surface area (Å²) in [7, 11) is 0. The van der Waals surface area contributed by atoms with Crippen LogP contribution in [0.25, 0.3) is 0 Å². The number of nitrogens with one attached hydrogen (secondary N) is 1. The van der Waals surface area contributed by atoms with Crippen molar-refractivity contribution in [2.45, 2.75) is 38.6 Å². The van der Waals surface area contributed by atoms with Gasteiger partial charge in [0.2, 0.25) is 0 Å². The van der Waals surface area contributed by atoms with Crippen LogP contribution in [0, 0.1) is 0 Å². The fourth-order valence-electron chi connectivity index (χ4n) is 1.03. The zero-order valence-corrected chi connectivity index (χ0v) is 8.87. The molecule has 4 heteroatoms. The van der Waals surface area contributed by atoms with Crippen LogP contribution in [-0.2, 0) is 9.47 Å². The van der Waals surface area contributed by atoms with Gasteiger partial charge in [0.25, 0.3) is 0 Å². The average Bonchev–Trinajstić information content (AvgIpc) is 2.76. The predicted molar refractivity (Wildman–Crippen MR) is 53.1 cm³/mol. The van der Waals surface area contributed by atoms with Gasteiger partial charge in [-0.3, -0.25) is 0 Å². The van der Waals surface area contributed by atoms with Gasteiger partial charge in [0.15, 0.2) is 0 Å². The lowest BCUT2D eigenvalue weighted by molar-refractivity contribution is 0.0524. The Bertz CT molecular complexity index is 232. The topological polar surface area (TPSA) is 50.9 Å². The Morgan fingerprint density at radius 3 is 2.71 bits per heavy atom. The van der Waals surface area contributed by atoms with E-state index in [2.05, 4.69) is 11.9 Å². The summed E-state index contributed by atoms with van der Waals surface area (Å²) < 4.78 is 10.2. The Labute approximate surface area is 84.3 Å². The van der Waals surface area contributed by atoms with Crippen LogP contribution in [0.1, 0.15) is 20.8 Å². The largest absolute Gasteiger partial charge is 0.444 e. The zero-order chi connectivity index (χ0) is 10.8. The molecule has 80 valence electrons. The van der Waals surface area contributed by atoms with Crippen molar-refractivity contribution in [1.82, 2.24) is 5.32 Å². The lowest BCUT2D eigenvalue weighted by Crippen LogP contribution is -2.34. The first-order valence-corrected chi connectivity index (χ1v) is 4.67. The van der Waals surface area contributed by atoms with Gasteiger partial charge in [-0.25, -0.2) is 4.79 Å². The summed E-state index contributed by atoms with van der Waals surface area (Å²) in [6.45, 7) is 9.55. The number of epoxide rings is 1. The van der Waals surface area contributed by atoms with Gasteiger partial charge in [-0.2, -0.15) is 0 Å². The maximum Gasteiger partial charge on any atom is 0.407 e. The first-order chi connectivity index (χ1) is 6.42. The van der Waals surface area contributed by atoms with E-state index in [1.807, 2.05) is 20.8 Å². The van der Waals surface area contributed by atoms with Crippen molar-refractivity contribution in [3.8, 4) is 0 Å². The Balaban J connectivity index is 2.13. The van der Waals surface area contributed by atoms with Crippen molar-refractivity contribution < 1.29 is 14.3 Å². The van der Waals surface area contributed by atoms with Crippen molar-refractivity contribution in [2.75, 3.05) is 6.54 Å². The van der Waals surface area contributed by atoms with Crippen LogP contribution in [0.4, 0.5) is 4.79 Å². The lowest BCUT2D eigenvalue weighted by atomic mass is 10.2. The predicted octanol–water partition coefficient (Wildman–Crippen LogP) is 1.46. The van der Waals surface area contributed by atoms with Crippen LogP contribution in [0.2, 0.25) is 0 Å². The van der Waals surface area contributed by atoms with Gasteiger partial charge in [0.1, 0.15) is 17.8 Å². The Kier molecular flexibility index (Phi) is 3.16. The van der Waals surface area contributed by atoms with Crippen molar-refractivity contribution >= 4 is 6.09 Å². The second kappa shape index (κ2) is 4.00. The molecule has 0 aromatic heterocycles. The van der Waals surface area contributed by atoms with Crippen LogP contribution in [0.3, 0.4) is 0 Å². The minimum atomic E-state index is -0.452. The van der Waals surface area contributed by atoms with Crippen LogP contribution >= 0.6 is 0 Å². The van der Waals surface area contributed by atoms with Gasteiger partial charge in [0.05, 0.1) is 6.54 Å². The highest BCUT2D eigenvalue weighted by Crippen LogP contribution is 2.21. The minimum absolute atomic E-state index is 0.0695. The first kappa shape index (κ1) is 11.0. The highest BCUT2D eigenvalue weighted by Gasteiger charge is 2.36. The molecule has 2 atom stereocenters. The van der Waals surface area contributed by atoms with Gasteiger partial charge in [-0.1, -0.05) is 6.08 Å². The molecule has 1 saturated heterocycles. The number of alkyl carbamates (subject to hydrolysis) is 1. The molecule has 1 rings (SSSR count). The van der Waals surface area contributed by atoms with E-state index >= 15 is 0 Å². The monoisotopic (exact) mass is 199 g/mol. The summed E-state index contributed by atoms with van der Waals surface area (Å²) >= 11 is 0. The Morgan fingerprint density at radius 1 is 1.64 bits per heavy atom. The van der Waals surface area contributed by atoms with E-state index in [0.29, 0.717) is 6.54 Å². The molecule has 0 spiro atoms. The molecule has 1 amide bonds. The van der Waals surface area contributed by atoms with E-state index in [1.54, 1.807) is 6.08 Å². The van der Waals surface area contributed by atoms with E-state index < -0.39 is 11.7 Å². The quantitative estimate of drug-likeness (QED) is 0.553. The van der Waals surface area contributed by atoms with Crippen LogP contribution in [-0.4, -0.2) is 30.4 Å². The van der Waals surface area contributed by atoms with Crippen molar-refractivity contribution in [1.29, 1.82) is 0 Å². The van der Waals surface area contributed by atoms with Gasteiger partial charge in [-0.05, 0) is 20.8 Å². The molecular formula is C10H17NO3. The number of ether oxygens (including phenoxy) is 2. The molecular weight excluding hydrogens is 182 g/mol. The lowest BCUT2D eigenvalue weighted by Gasteiger charge is -2.19. The molecule has 0 bridgehead atoms. The number of carbonyl (C=O) groups excluding carboxylic acids is 1. The maximum absolute atomic E-state index is 11.2. The highest BCUT2D eigenvalue weighted by molar-refractivity contribution is 5.67. The summed E-state index contributed by atoms with van der Waals surface area (Å²) in [6, 6.07) is 0. The zero-order valence-electron chi connectivity index (χ0n) is 8.87. The summed E-state index contributed by atoms with van der Waals surface area (Å²) in [5.41, 5.74) is -0.452. The van der Waals surface area contributed by atoms with E-state index in [-0.39, 0.29) is 12.2 Å². The fourth-order valence-corrected chi connectivity index (χ4v) is 1.03. The third-order valence-electron chi connectivity index (χ3n) is 1.70. The summed E-state index contributed by atoms with van der Waals surface area (Å²) in [6.07, 6.45) is 1.47. The van der Waals surface area contributed by atoms with Crippen molar-refractivity contribution in [2.24, 2.45) is 0 Å². The van der Waals surface area contributed by atoms with Crippen molar-refractivity contribution in [3.63, 3.8) is 0 Å². The summed E-state index contributed by atoms with van der Waals surface area (Å²) in [5, 5.41) is 2.63. The molecule has 14 heavy (non-hydrogen) atoms. The number of hydrogen-bond donors (Lipinski definition) is 1. The minimum Gasteiger partial charge on any atom is -0.444 e. The van der Waals surface area contributed by atoms with Gasteiger partial charge in [-0.15, -0.1) is 6.58 Å². The second-order valence-electron chi connectivity index (χ2n) is 4.26. The maximum atomic E-state index is 11.2. The molecule has 1 N–H and O–H groups in total. The fraction of sp³-hybridized carbons (Fsp3) is 0.700. The van der Waals surface area contributed by atoms with E-state index in [0.717, 1.165) is 0 Å².